The van der Waals surface area contributed by atoms with Crippen molar-refractivity contribution in [2.45, 2.75) is 13.5 Å². The Bertz CT molecular complexity index is 790. The van der Waals surface area contributed by atoms with Crippen LogP contribution in [0, 0.1) is 6.92 Å². The zero-order chi connectivity index (χ0) is 16.8. The largest absolute Gasteiger partial charge is 0.497 e. The predicted octanol–water partition coefficient (Wildman–Crippen LogP) is 3.54. The van der Waals surface area contributed by atoms with Gasteiger partial charge in [-0.1, -0.05) is 6.07 Å². The van der Waals surface area contributed by atoms with Crippen LogP contribution in [0.15, 0.2) is 54.9 Å². The minimum Gasteiger partial charge on any atom is -0.497 e. The van der Waals surface area contributed by atoms with E-state index in [2.05, 4.69) is 25.6 Å². The van der Waals surface area contributed by atoms with Crippen molar-refractivity contribution in [2.24, 2.45) is 0 Å². The first-order valence-corrected chi connectivity index (χ1v) is 7.62. The lowest BCUT2D eigenvalue weighted by molar-refractivity contribution is 0.415. The van der Waals surface area contributed by atoms with Crippen LogP contribution in [0.4, 0.5) is 17.3 Å². The van der Waals surface area contributed by atoms with Crippen molar-refractivity contribution in [1.82, 2.24) is 15.0 Å². The summed E-state index contributed by atoms with van der Waals surface area (Å²) in [5, 5.41) is 6.57. The molecule has 3 rings (SSSR count). The summed E-state index contributed by atoms with van der Waals surface area (Å²) in [5.41, 5.74) is 2.03. The maximum atomic E-state index is 5.16. The number of pyridine rings is 1. The van der Waals surface area contributed by atoms with Gasteiger partial charge in [0, 0.05) is 30.7 Å². The number of nitrogens with zero attached hydrogens (tertiary/aromatic N) is 3. The third-order valence-electron chi connectivity index (χ3n) is 3.40. The van der Waals surface area contributed by atoms with E-state index >= 15 is 0 Å². The van der Waals surface area contributed by atoms with Crippen LogP contribution in [0.1, 0.15) is 11.4 Å². The van der Waals surface area contributed by atoms with E-state index in [-0.39, 0.29) is 0 Å². The van der Waals surface area contributed by atoms with Crippen LogP contribution in [0.25, 0.3) is 0 Å². The van der Waals surface area contributed by atoms with Crippen LogP contribution in [-0.2, 0) is 6.54 Å². The zero-order valence-electron chi connectivity index (χ0n) is 13.7. The molecule has 2 N–H and O–H groups in total. The van der Waals surface area contributed by atoms with Gasteiger partial charge < -0.3 is 15.4 Å². The summed E-state index contributed by atoms with van der Waals surface area (Å²) in [6.45, 7) is 2.53. The molecule has 0 spiro atoms. The van der Waals surface area contributed by atoms with E-state index in [1.165, 1.54) is 0 Å². The number of benzene rings is 1. The lowest BCUT2D eigenvalue weighted by Crippen LogP contribution is -2.05. The maximum absolute atomic E-state index is 5.16. The van der Waals surface area contributed by atoms with Gasteiger partial charge in [0.15, 0.2) is 0 Å². The van der Waals surface area contributed by atoms with Gasteiger partial charge in [-0.3, -0.25) is 4.98 Å². The Morgan fingerprint density at radius 3 is 2.54 bits per heavy atom. The van der Waals surface area contributed by atoms with Gasteiger partial charge in [0.05, 0.1) is 7.11 Å². The van der Waals surface area contributed by atoms with Crippen molar-refractivity contribution < 1.29 is 4.74 Å². The number of nitrogens with one attached hydrogen (secondary N) is 2. The third-order valence-corrected chi connectivity index (χ3v) is 3.40. The average Bonchev–Trinajstić information content (AvgIpc) is 2.61. The highest BCUT2D eigenvalue weighted by Crippen LogP contribution is 2.20. The van der Waals surface area contributed by atoms with Crippen LogP contribution in [0.2, 0.25) is 0 Å². The molecule has 0 bridgehead atoms. The first-order chi connectivity index (χ1) is 11.7. The summed E-state index contributed by atoms with van der Waals surface area (Å²) in [6, 6.07) is 13.5. The number of methoxy groups -OCH3 is 1. The molecule has 0 aliphatic rings. The molecular weight excluding hydrogens is 302 g/mol. The number of ether oxygens (including phenoxy) is 1. The summed E-state index contributed by atoms with van der Waals surface area (Å²) in [6.07, 6.45) is 3.59. The Kier molecular flexibility index (Phi) is 4.86. The van der Waals surface area contributed by atoms with E-state index in [0.717, 1.165) is 28.6 Å². The van der Waals surface area contributed by atoms with E-state index in [1.54, 1.807) is 13.3 Å². The Balaban J connectivity index is 1.70. The standard InChI is InChI=1S/C18H19N5O/c1-13-21-17(20-12-14-4-3-9-19-11-14)10-18(22-13)23-15-5-7-16(24-2)8-6-15/h3-11H,12H2,1-2H3,(H2,20,21,22,23). The van der Waals surface area contributed by atoms with Gasteiger partial charge >= 0.3 is 0 Å². The van der Waals surface area contributed by atoms with E-state index in [1.807, 2.05) is 55.6 Å². The fourth-order valence-corrected chi connectivity index (χ4v) is 2.24. The number of anilines is 3. The van der Waals surface area contributed by atoms with E-state index in [4.69, 9.17) is 4.74 Å². The SMILES string of the molecule is COc1ccc(Nc2cc(NCc3cccnc3)nc(C)n2)cc1. The lowest BCUT2D eigenvalue weighted by Gasteiger charge is -2.10. The van der Waals surface area contributed by atoms with Crippen molar-refractivity contribution in [1.29, 1.82) is 0 Å². The van der Waals surface area contributed by atoms with Crippen molar-refractivity contribution in [3.63, 3.8) is 0 Å². The first kappa shape index (κ1) is 15.7. The molecule has 0 fully saturated rings. The Labute approximate surface area is 141 Å². The molecule has 6 heteroatoms. The van der Waals surface area contributed by atoms with Gasteiger partial charge in [0.25, 0.3) is 0 Å². The highest BCUT2D eigenvalue weighted by atomic mass is 16.5. The molecule has 0 saturated carbocycles. The van der Waals surface area contributed by atoms with E-state index in [9.17, 15) is 0 Å². The second-order valence-corrected chi connectivity index (χ2v) is 5.25. The van der Waals surface area contributed by atoms with Crippen molar-refractivity contribution in [3.05, 3.63) is 66.2 Å². The molecule has 122 valence electrons. The molecule has 6 nitrogen and oxygen atoms in total. The van der Waals surface area contributed by atoms with Gasteiger partial charge in [-0.2, -0.15) is 0 Å². The topological polar surface area (TPSA) is 72.0 Å². The molecule has 2 heterocycles. The summed E-state index contributed by atoms with van der Waals surface area (Å²) < 4.78 is 5.16. The van der Waals surface area contributed by atoms with Gasteiger partial charge in [-0.15, -0.1) is 0 Å². The Morgan fingerprint density at radius 2 is 1.83 bits per heavy atom. The molecule has 0 atom stereocenters. The molecule has 0 saturated heterocycles. The molecule has 2 aromatic heterocycles. The minimum absolute atomic E-state index is 0.659. The van der Waals surface area contributed by atoms with Gasteiger partial charge in [-0.25, -0.2) is 9.97 Å². The van der Waals surface area contributed by atoms with Crippen LogP contribution < -0.4 is 15.4 Å². The van der Waals surface area contributed by atoms with Crippen molar-refractivity contribution in [2.75, 3.05) is 17.7 Å². The van der Waals surface area contributed by atoms with Crippen LogP contribution in [0.3, 0.4) is 0 Å². The highest BCUT2D eigenvalue weighted by molar-refractivity contribution is 5.60. The molecular formula is C18H19N5O. The van der Waals surface area contributed by atoms with E-state index in [0.29, 0.717) is 12.4 Å². The normalized spacial score (nSPS) is 10.2. The maximum Gasteiger partial charge on any atom is 0.136 e. The number of aromatic nitrogens is 3. The number of hydrogen-bond donors (Lipinski definition) is 2. The average molecular weight is 321 g/mol. The summed E-state index contributed by atoms with van der Waals surface area (Å²) in [4.78, 5) is 12.9. The summed E-state index contributed by atoms with van der Waals surface area (Å²) in [5.74, 6) is 3.02. The monoisotopic (exact) mass is 321 g/mol. The second kappa shape index (κ2) is 7.41. The molecule has 0 amide bonds. The lowest BCUT2D eigenvalue weighted by atomic mass is 10.3. The Morgan fingerprint density at radius 1 is 1.04 bits per heavy atom. The molecule has 0 radical (unpaired) electrons. The first-order valence-electron chi connectivity index (χ1n) is 7.62. The Hall–Kier alpha value is -3.15. The number of hydrogen-bond acceptors (Lipinski definition) is 6. The van der Waals surface area contributed by atoms with Crippen LogP contribution in [0.5, 0.6) is 5.75 Å². The fourth-order valence-electron chi connectivity index (χ4n) is 2.24. The fraction of sp³-hybridized carbons (Fsp3) is 0.167. The number of rotatable bonds is 6. The molecule has 3 aromatic rings. The quantitative estimate of drug-likeness (QED) is 0.723. The second-order valence-electron chi connectivity index (χ2n) is 5.25. The molecule has 0 aliphatic heterocycles. The van der Waals surface area contributed by atoms with Crippen LogP contribution >= 0.6 is 0 Å². The van der Waals surface area contributed by atoms with Gasteiger partial charge in [0.1, 0.15) is 23.2 Å². The van der Waals surface area contributed by atoms with Crippen LogP contribution in [-0.4, -0.2) is 22.1 Å². The molecule has 1 aromatic carbocycles. The molecule has 0 unspecified atom stereocenters. The minimum atomic E-state index is 0.659. The summed E-state index contributed by atoms with van der Waals surface area (Å²) in [7, 11) is 1.65. The molecule has 24 heavy (non-hydrogen) atoms. The molecule has 0 aliphatic carbocycles. The third kappa shape index (κ3) is 4.19. The van der Waals surface area contributed by atoms with Crippen molar-refractivity contribution in [3.8, 4) is 5.75 Å². The van der Waals surface area contributed by atoms with Gasteiger partial charge in [-0.05, 0) is 42.8 Å². The summed E-state index contributed by atoms with van der Waals surface area (Å²) >= 11 is 0. The van der Waals surface area contributed by atoms with E-state index < -0.39 is 0 Å². The smallest absolute Gasteiger partial charge is 0.136 e. The zero-order valence-corrected chi connectivity index (χ0v) is 13.7. The highest BCUT2D eigenvalue weighted by Gasteiger charge is 2.03. The number of aryl methyl sites for hydroxylation is 1. The van der Waals surface area contributed by atoms with Gasteiger partial charge in [0.2, 0.25) is 0 Å². The predicted molar refractivity (Wildman–Crippen MR) is 94.6 cm³/mol. The van der Waals surface area contributed by atoms with Crippen molar-refractivity contribution >= 4 is 17.3 Å².